The predicted molar refractivity (Wildman–Crippen MR) is 82.3 cm³/mol. The molecule has 0 spiro atoms. The lowest BCUT2D eigenvalue weighted by atomic mass is 10.1. The van der Waals surface area contributed by atoms with Crippen molar-refractivity contribution in [3.05, 3.63) is 11.3 Å². The van der Waals surface area contributed by atoms with Crippen molar-refractivity contribution in [2.24, 2.45) is 13.0 Å². The Balaban J connectivity index is 2.00. The van der Waals surface area contributed by atoms with E-state index < -0.39 is 9.84 Å². The van der Waals surface area contributed by atoms with E-state index in [1.165, 1.54) is 0 Å². The lowest BCUT2D eigenvalue weighted by Crippen LogP contribution is -2.24. The smallest absolute Gasteiger partial charge is 0.216 e. The van der Waals surface area contributed by atoms with Crippen LogP contribution in [0.25, 0.3) is 0 Å². The van der Waals surface area contributed by atoms with Crippen LogP contribution in [0, 0.1) is 5.92 Å². The first kappa shape index (κ1) is 16.3. The van der Waals surface area contributed by atoms with Gasteiger partial charge in [-0.15, -0.1) is 0 Å². The van der Waals surface area contributed by atoms with Crippen molar-refractivity contribution >= 4 is 9.84 Å². The summed E-state index contributed by atoms with van der Waals surface area (Å²) in [5, 5.41) is 7.88. The average Bonchev–Trinajstić information content (AvgIpc) is 2.90. The molecule has 1 aromatic rings. The molecule has 1 aliphatic rings. The molecule has 7 heteroatoms. The zero-order valence-corrected chi connectivity index (χ0v) is 14.0. The van der Waals surface area contributed by atoms with Gasteiger partial charge in [-0.3, -0.25) is 0 Å². The van der Waals surface area contributed by atoms with Gasteiger partial charge >= 0.3 is 0 Å². The summed E-state index contributed by atoms with van der Waals surface area (Å²) in [5.74, 6) is 1.95. The second-order valence-electron chi connectivity index (χ2n) is 6.05. The van der Waals surface area contributed by atoms with E-state index in [1.807, 2.05) is 7.05 Å². The van der Waals surface area contributed by atoms with E-state index in [-0.39, 0.29) is 5.92 Å². The summed E-state index contributed by atoms with van der Waals surface area (Å²) in [4.78, 5) is 0. The van der Waals surface area contributed by atoms with Gasteiger partial charge in [0.25, 0.3) is 0 Å². The molecule has 0 bridgehead atoms. The first-order valence-corrected chi connectivity index (χ1v) is 9.17. The quantitative estimate of drug-likeness (QED) is 0.850. The van der Waals surface area contributed by atoms with Gasteiger partial charge in [0.05, 0.1) is 29.9 Å². The maximum atomic E-state index is 11.5. The fourth-order valence-corrected chi connectivity index (χ4v) is 4.75. The van der Waals surface area contributed by atoms with Gasteiger partial charge in [-0.1, -0.05) is 13.8 Å². The lowest BCUT2D eigenvalue weighted by molar-refractivity contribution is 0.367. The van der Waals surface area contributed by atoms with Crippen molar-refractivity contribution in [2.75, 3.05) is 25.2 Å². The van der Waals surface area contributed by atoms with E-state index in [4.69, 9.17) is 4.74 Å². The number of ether oxygens (including phenoxy) is 1. The highest BCUT2D eigenvalue weighted by Crippen LogP contribution is 2.27. The summed E-state index contributed by atoms with van der Waals surface area (Å²) >= 11 is 0. The molecule has 120 valence electrons. The number of aryl methyl sites for hydroxylation is 1. The van der Waals surface area contributed by atoms with E-state index >= 15 is 0 Å². The van der Waals surface area contributed by atoms with Gasteiger partial charge < -0.3 is 10.1 Å². The van der Waals surface area contributed by atoms with Crippen LogP contribution in [0.4, 0.5) is 0 Å². The number of hydrogen-bond donors (Lipinski definition) is 1. The summed E-state index contributed by atoms with van der Waals surface area (Å²) in [6, 6.07) is 0. The molecule has 1 atom stereocenters. The number of hydrogen-bond acceptors (Lipinski definition) is 5. The van der Waals surface area contributed by atoms with Crippen molar-refractivity contribution in [1.29, 1.82) is 0 Å². The van der Waals surface area contributed by atoms with Crippen molar-refractivity contribution in [1.82, 2.24) is 15.1 Å². The SMILES string of the molecule is COc1c(CNC[C@@H]2CCS(=O)(=O)C2)c(C(C)C)nn1C. The highest BCUT2D eigenvalue weighted by Gasteiger charge is 2.27. The largest absolute Gasteiger partial charge is 0.481 e. The maximum absolute atomic E-state index is 11.5. The Kier molecular flexibility index (Phi) is 4.93. The first-order valence-electron chi connectivity index (χ1n) is 7.35. The van der Waals surface area contributed by atoms with E-state index in [9.17, 15) is 8.42 Å². The Morgan fingerprint density at radius 3 is 2.71 bits per heavy atom. The number of nitrogens with one attached hydrogen (secondary N) is 1. The van der Waals surface area contributed by atoms with Crippen LogP contribution < -0.4 is 10.1 Å². The zero-order valence-electron chi connectivity index (χ0n) is 13.2. The van der Waals surface area contributed by atoms with Crippen LogP contribution >= 0.6 is 0 Å². The maximum Gasteiger partial charge on any atom is 0.216 e. The molecule has 2 heterocycles. The minimum atomic E-state index is -2.80. The van der Waals surface area contributed by atoms with Crippen molar-refractivity contribution < 1.29 is 13.2 Å². The fourth-order valence-electron chi connectivity index (χ4n) is 2.89. The van der Waals surface area contributed by atoms with Gasteiger partial charge in [0.15, 0.2) is 9.84 Å². The normalized spacial score (nSPS) is 21.1. The third-order valence-corrected chi connectivity index (χ3v) is 5.76. The molecule has 1 saturated heterocycles. The molecule has 1 aromatic heterocycles. The van der Waals surface area contributed by atoms with E-state index in [0.717, 1.165) is 30.1 Å². The van der Waals surface area contributed by atoms with E-state index in [1.54, 1.807) is 11.8 Å². The highest BCUT2D eigenvalue weighted by atomic mass is 32.2. The van der Waals surface area contributed by atoms with E-state index in [0.29, 0.717) is 24.0 Å². The van der Waals surface area contributed by atoms with Crippen LogP contribution in [0.3, 0.4) is 0 Å². The summed E-state index contributed by atoms with van der Waals surface area (Å²) in [7, 11) is 0.718. The van der Waals surface area contributed by atoms with Gasteiger partial charge in [-0.2, -0.15) is 5.10 Å². The molecular weight excluding hydrogens is 290 g/mol. The molecule has 0 amide bonds. The summed E-state index contributed by atoms with van der Waals surface area (Å²) < 4.78 is 30.1. The summed E-state index contributed by atoms with van der Waals surface area (Å²) in [5.41, 5.74) is 2.09. The Morgan fingerprint density at radius 2 is 2.19 bits per heavy atom. The van der Waals surface area contributed by atoms with Crippen molar-refractivity contribution in [3.63, 3.8) is 0 Å². The molecule has 1 aliphatic heterocycles. The number of methoxy groups -OCH3 is 1. The number of rotatable bonds is 6. The molecule has 0 radical (unpaired) electrons. The molecule has 21 heavy (non-hydrogen) atoms. The highest BCUT2D eigenvalue weighted by molar-refractivity contribution is 7.91. The van der Waals surface area contributed by atoms with Crippen LogP contribution in [-0.2, 0) is 23.4 Å². The molecular formula is C14H25N3O3S. The molecule has 6 nitrogen and oxygen atoms in total. The van der Waals surface area contributed by atoms with Crippen LogP contribution in [-0.4, -0.2) is 43.4 Å². The molecule has 0 saturated carbocycles. The summed E-state index contributed by atoms with van der Waals surface area (Å²) in [6.07, 6.45) is 0.760. The van der Waals surface area contributed by atoms with Crippen LogP contribution in [0.5, 0.6) is 5.88 Å². The third kappa shape index (κ3) is 3.77. The van der Waals surface area contributed by atoms with E-state index in [2.05, 4.69) is 24.3 Å². The molecule has 0 unspecified atom stereocenters. The Hall–Kier alpha value is -1.08. The minimum Gasteiger partial charge on any atom is -0.481 e. The fraction of sp³-hybridized carbons (Fsp3) is 0.786. The number of sulfone groups is 1. The molecule has 0 aliphatic carbocycles. The third-order valence-electron chi connectivity index (χ3n) is 3.92. The lowest BCUT2D eigenvalue weighted by Gasteiger charge is -2.11. The predicted octanol–water partition coefficient (Wildman–Crippen LogP) is 1.08. The van der Waals surface area contributed by atoms with Gasteiger partial charge in [0, 0.05) is 13.6 Å². The number of aromatic nitrogens is 2. The van der Waals surface area contributed by atoms with Gasteiger partial charge in [-0.05, 0) is 24.8 Å². The standard InChI is InChI=1S/C14H25N3O3S/c1-10(2)13-12(14(20-4)17(3)16-13)8-15-7-11-5-6-21(18,19)9-11/h10-11,15H,5-9H2,1-4H3/t11-/m0/s1. The van der Waals surface area contributed by atoms with Crippen LogP contribution in [0.15, 0.2) is 0 Å². The average molecular weight is 315 g/mol. The topological polar surface area (TPSA) is 73.2 Å². The second kappa shape index (κ2) is 6.36. The molecule has 1 N–H and O–H groups in total. The van der Waals surface area contributed by atoms with Gasteiger partial charge in [0.2, 0.25) is 5.88 Å². The Labute approximate surface area is 126 Å². The van der Waals surface area contributed by atoms with Crippen LogP contribution in [0.2, 0.25) is 0 Å². The van der Waals surface area contributed by atoms with Crippen molar-refractivity contribution in [3.8, 4) is 5.88 Å². The monoisotopic (exact) mass is 315 g/mol. The molecule has 2 rings (SSSR count). The van der Waals surface area contributed by atoms with Crippen molar-refractivity contribution in [2.45, 2.75) is 32.7 Å². The number of nitrogens with zero attached hydrogens (tertiary/aromatic N) is 2. The Morgan fingerprint density at radius 1 is 1.48 bits per heavy atom. The first-order chi connectivity index (χ1) is 9.84. The Bertz CT molecular complexity index is 593. The molecule has 0 aromatic carbocycles. The summed E-state index contributed by atoms with van der Waals surface area (Å²) in [6.45, 7) is 5.58. The zero-order chi connectivity index (χ0) is 15.6. The van der Waals surface area contributed by atoms with Gasteiger partial charge in [-0.25, -0.2) is 13.1 Å². The van der Waals surface area contributed by atoms with Crippen LogP contribution in [0.1, 0.15) is 37.4 Å². The minimum absolute atomic E-state index is 0.222. The van der Waals surface area contributed by atoms with Gasteiger partial charge in [0.1, 0.15) is 0 Å². The molecule has 1 fully saturated rings. The second-order valence-corrected chi connectivity index (χ2v) is 8.28.